The molecular formula is C13H19NO2. The zero-order chi connectivity index (χ0) is 11.5. The third-order valence-electron chi connectivity index (χ3n) is 2.83. The van der Waals surface area contributed by atoms with Crippen molar-refractivity contribution in [2.45, 2.75) is 33.1 Å². The van der Waals surface area contributed by atoms with Gasteiger partial charge in [-0.2, -0.15) is 0 Å². The monoisotopic (exact) mass is 221 g/mol. The van der Waals surface area contributed by atoms with Crippen molar-refractivity contribution in [3.8, 4) is 5.75 Å². The number of rotatable bonds is 3. The molecule has 1 aromatic rings. The first-order valence-electron chi connectivity index (χ1n) is 5.83. The highest BCUT2D eigenvalue weighted by molar-refractivity contribution is 5.37. The molecule has 1 fully saturated rings. The molecule has 1 saturated heterocycles. The molecule has 2 unspecified atom stereocenters. The Bertz CT molecular complexity index is 365. The molecule has 1 heterocycles. The Kier molecular flexibility index (Phi) is 3.46. The van der Waals surface area contributed by atoms with Crippen LogP contribution in [0.4, 0.5) is 0 Å². The molecular weight excluding hydrogens is 202 g/mol. The topological polar surface area (TPSA) is 30.5 Å². The van der Waals surface area contributed by atoms with Gasteiger partial charge in [0.2, 0.25) is 0 Å². The van der Waals surface area contributed by atoms with Crippen LogP contribution in [-0.2, 0) is 4.74 Å². The number of hydrogen-bond donors (Lipinski definition) is 1. The smallest absolute Gasteiger partial charge is 0.122 e. The zero-order valence-electron chi connectivity index (χ0n) is 10.1. The minimum Gasteiger partial charge on any atom is -0.494 e. The molecule has 16 heavy (non-hydrogen) atoms. The van der Waals surface area contributed by atoms with Gasteiger partial charge < -0.3 is 9.47 Å². The molecule has 0 aliphatic carbocycles. The number of benzene rings is 1. The van der Waals surface area contributed by atoms with Crippen LogP contribution in [0.15, 0.2) is 18.2 Å². The van der Waals surface area contributed by atoms with Crippen molar-refractivity contribution in [1.29, 1.82) is 0 Å². The Morgan fingerprint density at radius 2 is 2.31 bits per heavy atom. The van der Waals surface area contributed by atoms with Crippen LogP contribution in [0, 0.1) is 6.92 Å². The zero-order valence-corrected chi connectivity index (χ0v) is 10.1. The molecule has 0 saturated carbocycles. The van der Waals surface area contributed by atoms with Crippen LogP contribution < -0.4 is 10.1 Å². The van der Waals surface area contributed by atoms with Gasteiger partial charge in [-0.15, -0.1) is 0 Å². The standard InChI is InChI=1S/C13H19NO2/c1-4-15-12-6-5-11(7-9(12)2)13-8-14-10(3)16-13/h5-7,10,13-14H,4,8H2,1-3H3. The van der Waals surface area contributed by atoms with Gasteiger partial charge in [-0.3, -0.25) is 5.32 Å². The number of ether oxygens (including phenoxy) is 2. The van der Waals surface area contributed by atoms with Crippen LogP contribution in [-0.4, -0.2) is 19.4 Å². The Labute approximate surface area is 96.8 Å². The van der Waals surface area contributed by atoms with Gasteiger partial charge in [0.05, 0.1) is 12.7 Å². The summed E-state index contributed by atoms with van der Waals surface area (Å²) in [6.07, 6.45) is 0.321. The third-order valence-corrected chi connectivity index (χ3v) is 2.83. The van der Waals surface area contributed by atoms with E-state index in [0.29, 0.717) is 6.61 Å². The van der Waals surface area contributed by atoms with Crippen LogP contribution in [0.25, 0.3) is 0 Å². The fourth-order valence-corrected chi connectivity index (χ4v) is 2.00. The highest BCUT2D eigenvalue weighted by Gasteiger charge is 2.22. The fourth-order valence-electron chi connectivity index (χ4n) is 2.00. The Morgan fingerprint density at radius 1 is 1.50 bits per heavy atom. The van der Waals surface area contributed by atoms with E-state index in [-0.39, 0.29) is 12.3 Å². The van der Waals surface area contributed by atoms with E-state index in [1.807, 2.05) is 19.9 Å². The molecule has 2 atom stereocenters. The average Bonchev–Trinajstić information content (AvgIpc) is 2.68. The summed E-state index contributed by atoms with van der Waals surface area (Å²) in [6.45, 7) is 7.69. The summed E-state index contributed by atoms with van der Waals surface area (Å²) < 4.78 is 11.3. The lowest BCUT2D eigenvalue weighted by Crippen LogP contribution is -2.17. The molecule has 3 nitrogen and oxygen atoms in total. The van der Waals surface area contributed by atoms with Gasteiger partial charge in [0.25, 0.3) is 0 Å². The number of nitrogens with one attached hydrogen (secondary N) is 1. The summed E-state index contributed by atoms with van der Waals surface area (Å²) in [5.74, 6) is 0.963. The molecule has 3 heteroatoms. The first-order valence-corrected chi connectivity index (χ1v) is 5.83. The maximum absolute atomic E-state index is 5.75. The van der Waals surface area contributed by atoms with Gasteiger partial charge in [-0.1, -0.05) is 6.07 Å². The van der Waals surface area contributed by atoms with Gasteiger partial charge in [0, 0.05) is 6.54 Å². The Hall–Kier alpha value is -1.06. The van der Waals surface area contributed by atoms with Crippen LogP contribution in [0.2, 0.25) is 0 Å². The lowest BCUT2D eigenvalue weighted by Gasteiger charge is -2.13. The first-order chi connectivity index (χ1) is 7.70. The minimum atomic E-state index is 0.150. The summed E-state index contributed by atoms with van der Waals surface area (Å²) in [7, 11) is 0. The van der Waals surface area contributed by atoms with Crippen molar-refractivity contribution in [2.75, 3.05) is 13.2 Å². The van der Waals surface area contributed by atoms with E-state index < -0.39 is 0 Å². The molecule has 1 aliphatic heterocycles. The van der Waals surface area contributed by atoms with Gasteiger partial charge in [-0.05, 0) is 44.0 Å². The summed E-state index contributed by atoms with van der Waals surface area (Å²) in [5.41, 5.74) is 2.39. The molecule has 1 aliphatic rings. The highest BCUT2D eigenvalue weighted by atomic mass is 16.5. The van der Waals surface area contributed by atoms with E-state index in [2.05, 4.69) is 24.4 Å². The van der Waals surface area contributed by atoms with Crippen LogP contribution >= 0.6 is 0 Å². The molecule has 0 bridgehead atoms. The Morgan fingerprint density at radius 3 is 2.88 bits per heavy atom. The fraction of sp³-hybridized carbons (Fsp3) is 0.538. The summed E-state index contributed by atoms with van der Waals surface area (Å²) in [5, 5.41) is 3.27. The normalized spacial score (nSPS) is 24.7. The van der Waals surface area contributed by atoms with Crippen molar-refractivity contribution in [1.82, 2.24) is 5.32 Å². The molecule has 0 spiro atoms. The second kappa shape index (κ2) is 4.85. The maximum atomic E-state index is 5.75. The molecule has 0 aromatic heterocycles. The number of aryl methyl sites for hydroxylation is 1. The van der Waals surface area contributed by atoms with E-state index in [4.69, 9.17) is 9.47 Å². The molecule has 0 amide bonds. The number of hydrogen-bond acceptors (Lipinski definition) is 3. The third kappa shape index (κ3) is 2.36. The second-order valence-electron chi connectivity index (χ2n) is 4.13. The predicted octanol–water partition coefficient (Wildman–Crippen LogP) is 2.40. The minimum absolute atomic E-state index is 0.150. The van der Waals surface area contributed by atoms with E-state index in [0.717, 1.165) is 12.3 Å². The van der Waals surface area contributed by atoms with Crippen LogP contribution in [0.3, 0.4) is 0 Å². The molecule has 1 aromatic carbocycles. The van der Waals surface area contributed by atoms with Crippen LogP contribution in [0.1, 0.15) is 31.1 Å². The van der Waals surface area contributed by atoms with E-state index >= 15 is 0 Å². The lowest BCUT2D eigenvalue weighted by molar-refractivity contribution is 0.0529. The lowest BCUT2D eigenvalue weighted by atomic mass is 10.1. The van der Waals surface area contributed by atoms with E-state index in [1.54, 1.807) is 0 Å². The van der Waals surface area contributed by atoms with Crippen molar-refractivity contribution in [2.24, 2.45) is 0 Å². The molecule has 1 N–H and O–H groups in total. The van der Waals surface area contributed by atoms with Gasteiger partial charge >= 0.3 is 0 Å². The molecule has 88 valence electrons. The van der Waals surface area contributed by atoms with Crippen molar-refractivity contribution < 1.29 is 9.47 Å². The second-order valence-corrected chi connectivity index (χ2v) is 4.13. The van der Waals surface area contributed by atoms with Gasteiger partial charge in [0.1, 0.15) is 12.0 Å². The summed E-state index contributed by atoms with van der Waals surface area (Å²) >= 11 is 0. The predicted molar refractivity (Wildman–Crippen MR) is 63.6 cm³/mol. The Balaban J connectivity index is 2.14. The SMILES string of the molecule is CCOc1ccc(C2CNC(C)O2)cc1C. The van der Waals surface area contributed by atoms with Gasteiger partial charge in [0.15, 0.2) is 0 Å². The van der Waals surface area contributed by atoms with Gasteiger partial charge in [-0.25, -0.2) is 0 Å². The van der Waals surface area contributed by atoms with E-state index in [9.17, 15) is 0 Å². The van der Waals surface area contributed by atoms with Crippen LogP contribution in [0.5, 0.6) is 5.75 Å². The first kappa shape index (κ1) is 11.4. The quantitative estimate of drug-likeness (QED) is 0.850. The molecule has 0 radical (unpaired) electrons. The largest absolute Gasteiger partial charge is 0.494 e. The highest BCUT2D eigenvalue weighted by Crippen LogP contribution is 2.27. The van der Waals surface area contributed by atoms with Crippen molar-refractivity contribution >= 4 is 0 Å². The maximum Gasteiger partial charge on any atom is 0.122 e. The van der Waals surface area contributed by atoms with Crippen molar-refractivity contribution in [3.05, 3.63) is 29.3 Å². The average molecular weight is 221 g/mol. The summed E-state index contributed by atoms with van der Waals surface area (Å²) in [4.78, 5) is 0. The summed E-state index contributed by atoms with van der Waals surface area (Å²) in [6, 6.07) is 6.26. The van der Waals surface area contributed by atoms with Crippen molar-refractivity contribution in [3.63, 3.8) is 0 Å². The molecule has 2 rings (SSSR count). The van der Waals surface area contributed by atoms with E-state index in [1.165, 1.54) is 11.1 Å².